The number of aliphatic hydroxyl groups is 1. The molecule has 4 nitrogen and oxygen atoms in total. The van der Waals surface area contributed by atoms with Crippen LogP contribution in [0.1, 0.15) is 38.9 Å². The molecule has 2 N–H and O–H groups in total. The summed E-state index contributed by atoms with van der Waals surface area (Å²) in [6.45, 7) is 6.58. The Kier molecular flexibility index (Phi) is 5.56. The Morgan fingerprint density at radius 3 is 2.80 bits per heavy atom. The van der Waals surface area contributed by atoms with Gasteiger partial charge in [0.25, 0.3) is 0 Å². The fourth-order valence-electron chi connectivity index (χ4n) is 2.52. The quantitative estimate of drug-likeness (QED) is 0.779. The van der Waals surface area contributed by atoms with Gasteiger partial charge in [-0.25, -0.2) is 4.98 Å². The second-order valence-electron chi connectivity index (χ2n) is 5.24. The summed E-state index contributed by atoms with van der Waals surface area (Å²) in [6.07, 6.45) is 2.69. The zero-order valence-corrected chi connectivity index (χ0v) is 12.5. The van der Waals surface area contributed by atoms with Gasteiger partial charge in [0.15, 0.2) is 0 Å². The number of aromatic nitrogens is 2. The number of fused-ring (bicyclic) bond motifs is 1. The zero-order valence-electron chi connectivity index (χ0n) is 12.5. The third kappa shape index (κ3) is 3.58. The molecule has 0 saturated carbocycles. The highest BCUT2D eigenvalue weighted by Gasteiger charge is 2.10. The van der Waals surface area contributed by atoms with Crippen LogP contribution in [0.2, 0.25) is 0 Å². The fraction of sp³-hybridized carbons (Fsp3) is 0.562. The minimum absolute atomic E-state index is 0.260. The molecule has 1 aromatic heterocycles. The Balaban J connectivity index is 2.06. The normalized spacial score (nSPS) is 12.9. The van der Waals surface area contributed by atoms with Crippen molar-refractivity contribution < 1.29 is 5.11 Å². The molecule has 0 fully saturated rings. The number of nitrogens with one attached hydrogen (secondary N) is 1. The van der Waals surface area contributed by atoms with Crippen LogP contribution in [0.5, 0.6) is 0 Å². The largest absolute Gasteiger partial charge is 0.392 e. The van der Waals surface area contributed by atoms with Crippen molar-refractivity contribution in [1.29, 1.82) is 0 Å². The van der Waals surface area contributed by atoms with Crippen LogP contribution < -0.4 is 5.32 Å². The van der Waals surface area contributed by atoms with E-state index in [0.29, 0.717) is 13.1 Å². The summed E-state index contributed by atoms with van der Waals surface area (Å²) in [5, 5.41) is 13.1. The van der Waals surface area contributed by atoms with Gasteiger partial charge in [-0.1, -0.05) is 32.4 Å². The van der Waals surface area contributed by atoms with E-state index in [0.717, 1.165) is 37.1 Å². The summed E-state index contributed by atoms with van der Waals surface area (Å²) < 4.78 is 2.27. The van der Waals surface area contributed by atoms with Crippen LogP contribution in [-0.2, 0) is 13.1 Å². The Morgan fingerprint density at radius 1 is 1.25 bits per heavy atom. The lowest BCUT2D eigenvalue weighted by molar-refractivity contribution is 0.160. The number of aliphatic hydroxyl groups excluding tert-OH is 1. The molecule has 0 aliphatic heterocycles. The van der Waals surface area contributed by atoms with E-state index in [9.17, 15) is 5.11 Å². The van der Waals surface area contributed by atoms with Crippen LogP contribution in [0.4, 0.5) is 0 Å². The summed E-state index contributed by atoms with van der Waals surface area (Å²) >= 11 is 0. The smallest absolute Gasteiger partial charge is 0.123 e. The van der Waals surface area contributed by atoms with E-state index in [1.54, 1.807) is 0 Å². The SMILES string of the molecule is CCCC(O)CNCc1nc2ccccc2n1CCC. The number of para-hydroxylation sites is 2. The van der Waals surface area contributed by atoms with E-state index in [-0.39, 0.29) is 6.10 Å². The maximum Gasteiger partial charge on any atom is 0.123 e. The summed E-state index contributed by atoms with van der Waals surface area (Å²) in [7, 11) is 0. The van der Waals surface area contributed by atoms with E-state index in [4.69, 9.17) is 4.98 Å². The second-order valence-corrected chi connectivity index (χ2v) is 5.24. The third-order valence-corrected chi connectivity index (χ3v) is 3.47. The molecule has 1 atom stereocenters. The molecule has 0 spiro atoms. The maximum absolute atomic E-state index is 9.75. The third-order valence-electron chi connectivity index (χ3n) is 3.47. The molecule has 0 aliphatic carbocycles. The van der Waals surface area contributed by atoms with Crippen molar-refractivity contribution in [3.05, 3.63) is 30.1 Å². The van der Waals surface area contributed by atoms with Gasteiger partial charge in [-0.05, 0) is 25.0 Å². The average molecular weight is 275 g/mol. The van der Waals surface area contributed by atoms with Crippen LogP contribution in [0.3, 0.4) is 0 Å². The molecule has 0 radical (unpaired) electrons. The summed E-state index contributed by atoms with van der Waals surface area (Å²) in [5.74, 6) is 1.05. The first-order valence-corrected chi connectivity index (χ1v) is 7.59. The molecule has 2 aromatic rings. The maximum atomic E-state index is 9.75. The van der Waals surface area contributed by atoms with Crippen molar-refractivity contribution in [2.24, 2.45) is 0 Å². The number of aryl methyl sites for hydroxylation is 1. The molecule has 0 bridgehead atoms. The molecular formula is C16H25N3O. The summed E-state index contributed by atoms with van der Waals surface area (Å²) in [6, 6.07) is 8.25. The van der Waals surface area contributed by atoms with Crippen LogP contribution >= 0.6 is 0 Å². The van der Waals surface area contributed by atoms with Crippen molar-refractivity contribution in [2.75, 3.05) is 6.54 Å². The van der Waals surface area contributed by atoms with E-state index in [1.807, 2.05) is 6.07 Å². The van der Waals surface area contributed by atoms with Crippen molar-refractivity contribution in [3.8, 4) is 0 Å². The lowest BCUT2D eigenvalue weighted by Crippen LogP contribution is -2.27. The topological polar surface area (TPSA) is 50.1 Å². The lowest BCUT2D eigenvalue weighted by atomic mass is 10.2. The summed E-state index contributed by atoms with van der Waals surface area (Å²) in [5.41, 5.74) is 2.24. The average Bonchev–Trinajstić information content (AvgIpc) is 2.78. The highest BCUT2D eigenvalue weighted by atomic mass is 16.3. The Labute approximate surface area is 120 Å². The van der Waals surface area contributed by atoms with E-state index >= 15 is 0 Å². The van der Waals surface area contributed by atoms with Crippen LogP contribution in [0.25, 0.3) is 11.0 Å². The molecule has 2 rings (SSSR count). The number of rotatable bonds is 8. The number of hydrogen-bond acceptors (Lipinski definition) is 3. The predicted octanol–water partition coefficient (Wildman–Crippen LogP) is 2.70. The van der Waals surface area contributed by atoms with Crippen molar-refractivity contribution in [3.63, 3.8) is 0 Å². The molecule has 1 unspecified atom stereocenters. The molecule has 0 saturated heterocycles. The molecule has 1 heterocycles. The minimum Gasteiger partial charge on any atom is -0.392 e. The van der Waals surface area contributed by atoms with Crippen molar-refractivity contribution >= 4 is 11.0 Å². The Morgan fingerprint density at radius 2 is 2.05 bits per heavy atom. The number of nitrogens with zero attached hydrogens (tertiary/aromatic N) is 2. The number of imidazole rings is 1. The fourth-order valence-corrected chi connectivity index (χ4v) is 2.52. The first-order chi connectivity index (χ1) is 9.76. The molecule has 0 aliphatic rings. The van der Waals surface area contributed by atoms with Gasteiger partial charge < -0.3 is 15.0 Å². The first kappa shape index (κ1) is 15.0. The van der Waals surface area contributed by atoms with Gasteiger partial charge in [0, 0.05) is 13.1 Å². The van der Waals surface area contributed by atoms with Crippen LogP contribution in [-0.4, -0.2) is 27.3 Å². The van der Waals surface area contributed by atoms with Gasteiger partial charge in [-0.2, -0.15) is 0 Å². The van der Waals surface area contributed by atoms with Gasteiger partial charge in [0.05, 0.1) is 23.7 Å². The van der Waals surface area contributed by atoms with E-state index < -0.39 is 0 Å². The highest BCUT2D eigenvalue weighted by Crippen LogP contribution is 2.16. The minimum atomic E-state index is -0.260. The monoisotopic (exact) mass is 275 g/mol. The standard InChI is InChI=1S/C16H25N3O/c1-3-7-13(20)11-17-12-16-18-14-8-5-6-9-15(14)19(16)10-4-2/h5-6,8-9,13,17,20H,3-4,7,10-12H2,1-2H3. The number of benzene rings is 1. The van der Waals surface area contributed by atoms with Crippen LogP contribution in [0.15, 0.2) is 24.3 Å². The van der Waals surface area contributed by atoms with E-state index in [2.05, 4.69) is 41.9 Å². The van der Waals surface area contributed by atoms with Crippen molar-refractivity contribution in [1.82, 2.24) is 14.9 Å². The Hall–Kier alpha value is -1.39. The molecular weight excluding hydrogens is 250 g/mol. The van der Waals surface area contributed by atoms with Crippen molar-refractivity contribution in [2.45, 2.75) is 52.3 Å². The van der Waals surface area contributed by atoms with Gasteiger partial charge in [0.2, 0.25) is 0 Å². The summed E-state index contributed by atoms with van der Waals surface area (Å²) in [4.78, 5) is 4.69. The van der Waals surface area contributed by atoms with Gasteiger partial charge in [-0.15, -0.1) is 0 Å². The zero-order chi connectivity index (χ0) is 14.4. The van der Waals surface area contributed by atoms with E-state index in [1.165, 1.54) is 5.52 Å². The van der Waals surface area contributed by atoms with Gasteiger partial charge >= 0.3 is 0 Å². The molecule has 20 heavy (non-hydrogen) atoms. The molecule has 0 amide bonds. The highest BCUT2D eigenvalue weighted by molar-refractivity contribution is 5.75. The number of hydrogen-bond donors (Lipinski definition) is 2. The molecule has 1 aromatic carbocycles. The Bertz CT molecular complexity index is 536. The van der Waals surface area contributed by atoms with Crippen LogP contribution in [0, 0.1) is 0 Å². The lowest BCUT2D eigenvalue weighted by Gasteiger charge is -2.12. The molecule has 4 heteroatoms. The molecule has 110 valence electrons. The van der Waals surface area contributed by atoms with Gasteiger partial charge in [-0.3, -0.25) is 0 Å². The first-order valence-electron chi connectivity index (χ1n) is 7.59. The van der Waals surface area contributed by atoms with Gasteiger partial charge in [0.1, 0.15) is 5.82 Å². The second kappa shape index (κ2) is 7.41. The predicted molar refractivity (Wildman–Crippen MR) is 82.6 cm³/mol.